The van der Waals surface area contributed by atoms with Crippen molar-refractivity contribution in [1.29, 1.82) is 5.26 Å². The summed E-state index contributed by atoms with van der Waals surface area (Å²) in [5.74, 6) is 1.28. The summed E-state index contributed by atoms with van der Waals surface area (Å²) in [6, 6.07) is 15.6. The van der Waals surface area contributed by atoms with Crippen LogP contribution in [-0.2, 0) is 15.9 Å². The molecule has 1 aliphatic rings. The zero-order chi connectivity index (χ0) is 24.8. The smallest absolute Gasteiger partial charge is 0.253 e. The summed E-state index contributed by atoms with van der Waals surface area (Å²) in [4.78, 5) is 23.3. The van der Waals surface area contributed by atoms with E-state index in [-0.39, 0.29) is 5.91 Å². The minimum atomic E-state index is 0.0396. The minimum absolute atomic E-state index is 0.0396. The zero-order valence-corrected chi connectivity index (χ0v) is 20.6. The van der Waals surface area contributed by atoms with Crippen LogP contribution in [0.1, 0.15) is 50.9 Å². The zero-order valence-electron chi connectivity index (χ0n) is 20.6. The molecule has 1 aromatic heterocycles. The Kier molecular flexibility index (Phi) is 7.96. The van der Waals surface area contributed by atoms with Crippen LogP contribution in [0.5, 0.6) is 0 Å². The summed E-state index contributed by atoms with van der Waals surface area (Å²) in [5.41, 5.74) is 6.46. The van der Waals surface area contributed by atoms with E-state index in [1.807, 2.05) is 61.2 Å². The second kappa shape index (κ2) is 11.3. The number of ether oxygens (including phenoxy) is 2. The Morgan fingerprint density at radius 3 is 2.63 bits per heavy atom. The monoisotopic (exact) mass is 472 g/mol. The predicted octanol–water partition coefficient (Wildman–Crippen LogP) is 4.40. The van der Waals surface area contributed by atoms with Crippen LogP contribution in [-0.4, -0.2) is 60.8 Å². The molecular weight excluding hydrogens is 440 g/mol. The molecular formula is C28H32N4O3. The maximum Gasteiger partial charge on any atom is 0.253 e. The van der Waals surface area contributed by atoms with E-state index in [1.54, 1.807) is 7.11 Å². The molecule has 2 heterocycles. The highest BCUT2D eigenvalue weighted by Gasteiger charge is 2.32. The molecule has 7 nitrogen and oxygen atoms in total. The predicted molar refractivity (Wildman–Crippen MR) is 134 cm³/mol. The van der Waals surface area contributed by atoms with Gasteiger partial charge in [-0.05, 0) is 55.7 Å². The number of nitriles is 1. The fourth-order valence-electron chi connectivity index (χ4n) is 4.37. The highest BCUT2D eigenvalue weighted by molar-refractivity contribution is 5.96. The average Bonchev–Trinajstić information content (AvgIpc) is 3.21. The highest BCUT2D eigenvalue weighted by atomic mass is 16.5. The van der Waals surface area contributed by atoms with E-state index in [0.717, 1.165) is 41.2 Å². The molecule has 0 spiro atoms. The number of benzene rings is 2. The fraction of sp³-hybridized carbons (Fsp3) is 0.393. The first-order valence-corrected chi connectivity index (χ1v) is 12.0. The van der Waals surface area contributed by atoms with Crippen molar-refractivity contribution in [3.8, 4) is 17.3 Å². The second-order valence-corrected chi connectivity index (χ2v) is 9.04. The maximum atomic E-state index is 13.2. The van der Waals surface area contributed by atoms with E-state index in [0.29, 0.717) is 50.0 Å². The normalized spacial score (nSPS) is 13.5. The van der Waals surface area contributed by atoms with Crippen molar-refractivity contribution in [2.45, 2.75) is 32.6 Å². The van der Waals surface area contributed by atoms with Gasteiger partial charge in [-0.3, -0.25) is 4.79 Å². The third kappa shape index (κ3) is 5.79. The number of hydrogen-bond acceptors (Lipinski definition) is 5. The molecule has 0 saturated carbocycles. The van der Waals surface area contributed by atoms with Gasteiger partial charge in [0.15, 0.2) is 0 Å². The van der Waals surface area contributed by atoms with E-state index < -0.39 is 0 Å². The van der Waals surface area contributed by atoms with Gasteiger partial charge in [-0.1, -0.05) is 18.2 Å². The number of nitrogens with one attached hydrogen (secondary N) is 1. The lowest BCUT2D eigenvalue weighted by atomic mass is 9.90. The van der Waals surface area contributed by atoms with Crippen LogP contribution in [0.4, 0.5) is 0 Å². The van der Waals surface area contributed by atoms with E-state index in [9.17, 15) is 4.79 Å². The van der Waals surface area contributed by atoms with Crippen LogP contribution in [0.3, 0.4) is 0 Å². The molecule has 7 heteroatoms. The lowest BCUT2D eigenvalue weighted by Gasteiger charge is -2.39. The molecule has 0 atom stereocenters. The van der Waals surface area contributed by atoms with Gasteiger partial charge < -0.3 is 19.4 Å². The first-order valence-electron chi connectivity index (χ1n) is 12.0. The minimum Gasteiger partial charge on any atom is -0.382 e. The van der Waals surface area contributed by atoms with Gasteiger partial charge in [0.05, 0.1) is 30.5 Å². The Labute approximate surface area is 206 Å². The average molecular weight is 473 g/mol. The van der Waals surface area contributed by atoms with Crippen molar-refractivity contribution >= 4 is 5.91 Å². The van der Waals surface area contributed by atoms with Crippen molar-refractivity contribution in [2.75, 3.05) is 40.0 Å². The molecule has 4 rings (SSSR count). The topological polar surface area (TPSA) is 91.2 Å². The molecule has 1 saturated heterocycles. The van der Waals surface area contributed by atoms with Crippen LogP contribution in [0.25, 0.3) is 11.3 Å². The number of carbonyl (C=O) groups excluding carboxylic acids is 1. The van der Waals surface area contributed by atoms with Gasteiger partial charge in [0, 0.05) is 56.0 Å². The number of aromatic nitrogens is 2. The van der Waals surface area contributed by atoms with Crippen LogP contribution >= 0.6 is 0 Å². The largest absolute Gasteiger partial charge is 0.382 e. The van der Waals surface area contributed by atoms with Gasteiger partial charge in [0.2, 0.25) is 0 Å². The molecule has 1 amide bonds. The molecule has 0 aliphatic carbocycles. The second-order valence-electron chi connectivity index (χ2n) is 9.04. The Morgan fingerprint density at radius 1 is 1.14 bits per heavy atom. The third-order valence-corrected chi connectivity index (χ3v) is 6.49. The molecule has 0 bridgehead atoms. The Hall–Kier alpha value is -3.47. The molecule has 0 unspecified atom stereocenters. The number of aromatic amines is 1. The fourth-order valence-corrected chi connectivity index (χ4v) is 4.37. The van der Waals surface area contributed by atoms with E-state index >= 15 is 0 Å². The number of methoxy groups -OCH3 is 1. The van der Waals surface area contributed by atoms with Gasteiger partial charge in [-0.2, -0.15) is 5.26 Å². The van der Waals surface area contributed by atoms with Gasteiger partial charge >= 0.3 is 0 Å². The SMILES string of the molecule is COCCOCCCc1nc(-c2cc(C(=O)N3CC(c4ccc(C#N)cc4)C3)ccc2C)c(C)[nH]1. The number of hydrogen-bond donors (Lipinski definition) is 1. The van der Waals surface area contributed by atoms with Crippen molar-refractivity contribution in [3.05, 3.63) is 76.2 Å². The number of aryl methyl sites for hydroxylation is 3. The number of imidazole rings is 1. The summed E-state index contributed by atoms with van der Waals surface area (Å²) in [5, 5.41) is 8.98. The quantitative estimate of drug-likeness (QED) is 0.442. The first-order chi connectivity index (χ1) is 17.0. The Bertz CT molecular complexity index is 1200. The standard InChI is InChI=1S/C28H32N4O3/c1-19-6-9-23(28(33)32-17-24(18-32)22-10-7-21(16-29)8-11-22)15-25(19)27-20(2)30-26(31-27)5-4-12-35-14-13-34-3/h6-11,15,24H,4-5,12-14,17-18H2,1-3H3,(H,30,31). The summed E-state index contributed by atoms with van der Waals surface area (Å²) in [6.45, 7) is 7.31. The highest BCUT2D eigenvalue weighted by Crippen LogP contribution is 2.31. The van der Waals surface area contributed by atoms with Crippen molar-refractivity contribution < 1.29 is 14.3 Å². The molecule has 1 aliphatic heterocycles. The van der Waals surface area contributed by atoms with Gasteiger partial charge in [-0.25, -0.2) is 4.98 Å². The number of amides is 1. The number of likely N-dealkylation sites (tertiary alicyclic amines) is 1. The Balaban J connectivity index is 1.39. The first kappa shape index (κ1) is 24.6. The molecule has 35 heavy (non-hydrogen) atoms. The molecule has 0 radical (unpaired) electrons. The van der Waals surface area contributed by atoms with Crippen LogP contribution in [0.2, 0.25) is 0 Å². The maximum absolute atomic E-state index is 13.2. The Morgan fingerprint density at radius 2 is 1.91 bits per heavy atom. The van der Waals surface area contributed by atoms with Crippen molar-refractivity contribution in [3.63, 3.8) is 0 Å². The summed E-state index contributed by atoms with van der Waals surface area (Å²) >= 11 is 0. The number of nitrogens with zero attached hydrogens (tertiary/aromatic N) is 3. The van der Waals surface area contributed by atoms with E-state index in [1.165, 1.54) is 5.56 Å². The van der Waals surface area contributed by atoms with Gasteiger partial charge in [-0.15, -0.1) is 0 Å². The molecule has 3 aromatic rings. The molecule has 182 valence electrons. The van der Waals surface area contributed by atoms with E-state index in [4.69, 9.17) is 19.7 Å². The van der Waals surface area contributed by atoms with Crippen molar-refractivity contribution in [2.24, 2.45) is 0 Å². The summed E-state index contributed by atoms with van der Waals surface area (Å²) < 4.78 is 10.5. The number of rotatable bonds is 10. The van der Waals surface area contributed by atoms with Crippen LogP contribution < -0.4 is 0 Å². The van der Waals surface area contributed by atoms with Gasteiger partial charge in [0.1, 0.15) is 5.82 Å². The third-order valence-electron chi connectivity index (χ3n) is 6.49. The van der Waals surface area contributed by atoms with E-state index in [2.05, 4.69) is 11.1 Å². The van der Waals surface area contributed by atoms with Crippen LogP contribution in [0.15, 0.2) is 42.5 Å². The molecule has 1 fully saturated rings. The molecule has 1 N–H and O–H groups in total. The van der Waals surface area contributed by atoms with Gasteiger partial charge in [0.25, 0.3) is 5.91 Å². The summed E-state index contributed by atoms with van der Waals surface area (Å²) in [6.07, 6.45) is 1.68. The lowest BCUT2D eigenvalue weighted by Crippen LogP contribution is -2.48. The number of carbonyl (C=O) groups is 1. The summed E-state index contributed by atoms with van der Waals surface area (Å²) in [7, 11) is 1.67. The van der Waals surface area contributed by atoms with Crippen molar-refractivity contribution in [1.82, 2.24) is 14.9 Å². The van der Waals surface area contributed by atoms with Crippen LogP contribution in [0, 0.1) is 25.2 Å². The lowest BCUT2D eigenvalue weighted by molar-refractivity contribution is 0.0602. The number of H-pyrrole nitrogens is 1. The molecule has 2 aromatic carbocycles.